The molecule has 2 rings (SSSR count). The minimum Gasteiger partial charge on any atom is -0.326 e. The third-order valence-corrected chi connectivity index (χ3v) is 2.68. The van der Waals surface area contributed by atoms with Crippen molar-refractivity contribution in [2.24, 2.45) is 0 Å². The number of benzene rings is 1. The highest BCUT2D eigenvalue weighted by molar-refractivity contribution is 9.09. The molecule has 1 heterocycles. The minimum absolute atomic E-state index is 0.00337. The van der Waals surface area contributed by atoms with E-state index in [1.807, 2.05) is 30.3 Å². The summed E-state index contributed by atoms with van der Waals surface area (Å²) in [5, 5.41) is 10.3. The van der Waals surface area contributed by atoms with Gasteiger partial charge in [0.25, 0.3) is 0 Å². The van der Waals surface area contributed by atoms with Crippen LogP contribution in [0.1, 0.15) is 6.42 Å². The summed E-state index contributed by atoms with van der Waals surface area (Å²) in [5.41, 5.74) is 2.73. The molecule has 0 atom stereocenters. The van der Waals surface area contributed by atoms with Gasteiger partial charge in [-0.05, 0) is 18.2 Å². The molecule has 0 saturated carbocycles. The van der Waals surface area contributed by atoms with E-state index in [0.717, 1.165) is 16.9 Å². The summed E-state index contributed by atoms with van der Waals surface area (Å²) in [7, 11) is 0. The van der Waals surface area contributed by atoms with Gasteiger partial charge in [-0.3, -0.25) is 9.89 Å². The zero-order chi connectivity index (χ0) is 12.1. The molecule has 0 fully saturated rings. The van der Waals surface area contributed by atoms with Crippen molar-refractivity contribution in [2.45, 2.75) is 6.42 Å². The van der Waals surface area contributed by atoms with E-state index in [1.165, 1.54) is 0 Å². The number of nitrogens with zero attached hydrogens (tertiary/aromatic N) is 1. The maximum Gasteiger partial charge on any atom is 0.225 e. The van der Waals surface area contributed by atoms with Crippen molar-refractivity contribution in [1.29, 1.82) is 0 Å². The first-order valence-corrected chi connectivity index (χ1v) is 6.37. The Morgan fingerprint density at radius 3 is 3.00 bits per heavy atom. The minimum atomic E-state index is 0.00337. The molecule has 2 N–H and O–H groups in total. The Balaban J connectivity index is 2.15. The number of H-pyrrole nitrogens is 1. The number of hydrogen-bond donors (Lipinski definition) is 2. The van der Waals surface area contributed by atoms with Crippen molar-refractivity contribution in [3.05, 3.63) is 36.5 Å². The van der Waals surface area contributed by atoms with Gasteiger partial charge in [0.2, 0.25) is 5.91 Å². The number of carbonyl (C=O) groups excluding carboxylic acids is 1. The van der Waals surface area contributed by atoms with Crippen LogP contribution in [-0.2, 0) is 4.79 Å². The Morgan fingerprint density at radius 1 is 1.41 bits per heavy atom. The molecule has 1 aromatic carbocycles. The fourth-order valence-electron chi connectivity index (χ4n) is 1.49. The molecule has 5 heteroatoms. The molecule has 2 aromatic rings. The van der Waals surface area contributed by atoms with E-state index >= 15 is 0 Å². The van der Waals surface area contributed by atoms with Gasteiger partial charge in [0, 0.05) is 29.2 Å². The number of aromatic nitrogens is 2. The second kappa shape index (κ2) is 5.63. The molecule has 17 heavy (non-hydrogen) atoms. The van der Waals surface area contributed by atoms with Gasteiger partial charge in [-0.2, -0.15) is 5.10 Å². The topological polar surface area (TPSA) is 57.8 Å². The summed E-state index contributed by atoms with van der Waals surface area (Å²) in [6.45, 7) is 0. The molecule has 0 radical (unpaired) electrons. The summed E-state index contributed by atoms with van der Waals surface area (Å²) < 4.78 is 0. The van der Waals surface area contributed by atoms with E-state index in [-0.39, 0.29) is 5.91 Å². The van der Waals surface area contributed by atoms with Gasteiger partial charge in [-0.1, -0.05) is 28.1 Å². The first kappa shape index (κ1) is 11.9. The molecular weight excluding hydrogens is 282 g/mol. The zero-order valence-corrected chi connectivity index (χ0v) is 10.7. The molecule has 0 saturated heterocycles. The quantitative estimate of drug-likeness (QED) is 0.852. The second-order valence-corrected chi connectivity index (χ2v) is 4.33. The van der Waals surface area contributed by atoms with Crippen molar-refractivity contribution in [2.75, 3.05) is 10.6 Å². The predicted octanol–water partition coefficient (Wildman–Crippen LogP) is 2.80. The molecule has 1 aromatic heterocycles. The van der Waals surface area contributed by atoms with Crippen molar-refractivity contribution in [1.82, 2.24) is 10.2 Å². The second-order valence-electron chi connectivity index (χ2n) is 3.54. The van der Waals surface area contributed by atoms with E-state index in [2.05, 4.69) is 31.4 Å². The Kier molecular flexibility index (Phi) is 3.93. The lowest BCUT2D eigenvalue weighted by Crippen LogP contribution is -2.11. The molecule has 0 aliphatic carbocycles. The van der Waals surface area contributed by atoms with Gasteiger partial charge >= 0.3 is 0 Å². The third-order valence-electron chi connectivity index (χ3n) is 2.28. The van der Waals surface area contributed by atoms with E-state index < -0.39 is 0 Å². The molecule has 0 aliphatic heterocycles. The zero-order valence-electron chi connectivity index (χ0n) is 9.11. The van der Waals surface area contributed by atoms with Gasteiger partial charge in [-0.15, -0.1) is 0 Å². The van der Waals surface area contributed by atoms with Gasteiger partial charge in [0.1, 0.15) is 0 Å². The van der Waals surface area contributed by atoms with Crippen LogP contribution in [0.25, 0.3) is 11.3 Å². The Morgan fingerprint density at radius 2 is 2.29 bits per heavy atom. The predicted molar refractivity (Wildman–Crippen MR) is 71.1 cm³/mol. The highest BCUT2D eigenvalue weighted by Crippen LogP contribution is 2.20. The molecule has 0 bridgehead atoms. The lowest BCUT2D eigenvalue weighted by molar-refractivity contribution is -0.115. The monoisotopic (exact) mass is 293 g/mol. The normalized spacial score (nSPS) is 10.2. The molecule has 1 amide bonds. The number of rotatable bonds is 4. The SMILES string of the molecule is O=C(CCBr)Nc1cccc(-c2ccn[nH]2)c1. The Hall–Kier alpha value is -1.62. The molecule has 0 spiro atoms. The van der Waals surface area contributed by atoms with Crippen LogP contribution >= 0.6 is 15.9 Å². The van der Waals surface area contributed by atoms with Crippen LogP contribution in [0.15, 0.2) is 36.5 Å². The fourth-order valence-corrected chi connectivity index (χ4v) is 1.85. The van der Waals surface area contributed by atoms with Gasteiger partial charge in [0.15, 0.2) is 0 Å². The molecule has 88 valence electrons. The summed E-state index contributed by atoms with van der Waals surface area (Å²) in [6, 6.07) is 9.54. The van der Waals surface area contributed by atoms with Crippen LogP contribution in [0.2, 0.25) is 0 Å². The van der Waals surface area contributed by atoms with Crippen molar-refractivity contribution >= 4 is 27.5 Å². The number of nitrogens with one attached hydrogen (secondary N) is 2. The Bertz CT molecular complexity index is 496. The van der Waals surface area contributed by atoms with Crippen molar-refractivity contribution in [3.63, 3.8) is 0 Å². The molecule has 0 aliphatic rings. The van der Waals surface area contributed by atoms with Crippen molar-refractivity contribution < 1.29 is 4.79 Å². The van der Waals surface area contributed by atoms with Crippen LogP contribution < -0.4 is 5.32 Å². The molecular formula is C12H12BrN3O. The highest BCUT2D eigenvalue weighted by atomic mass is 79.9. The maximum atomic E-state index is 11.4. The van der Waals surface area contributed by atoms with Gasteiger partial charge < -0.3 is 5.32 Å². The number of carbonyl (C=O) groups is 1. The van der Waals surface area contributed by atoms with E-state index in [9.17, 15) is 4.79 Å². The number of hydrogen-bond acceptors (Lipinski definition) is 2. The van der Waals surface area contributed by atoms with E-state index in [0.29, 0.717) is 11.8 Å². The van der Waals surface area contributed by atoms with E-state index in [1.54, 1.807) is 6.20 Å². The summed E-state index contributed by atoms with van der Waals surface area (Å²) in [4.78, 5) is 11.4. The summed E-state index contributed by atoms with van der Waals surface area (Å²) >= 11 is 3.24. The summed E-state index contributed by atoms with van der Waals surface area (Å²) in [6.07, 6.45) is 2.17. The lowest BCUT2D eigenvalue weighted by Gasteiger charge is -2.05. The van der Waals surface area contributed by atoms with Crippen LogP contribution in [0.5, 0.6) is 0 Å². The first-order valence-electron chi connectivity index (χ1n) is 5.25. The van der Waals surface area contributed by atoms with Crippen LogP contribution in [0.4, 0.5) is 5.69 Å². The van der Waals surface area contributed by atoms with E-state index in [4.69, 9.17) is 0 Å². The first-order chi connectivity index (χ1) is 8.29. The fraction of sp³-hybridized carbons (Fsp3) is 0.167. The number of alkyl halides is 1. The van der Waals surface area contributed by atoms with Crippen molar-refractivity contribution in [3.8, 4) is 11.3 Å². The van der Waals surface area contributed by atoms with Gasteiger partial charge in [0.05, 0.1) is 5.69 Å². The lowest BCUT2D eigenvalue weighted by atomic mass is 10.1. The van der Waals surface area contributed by atoms with Gasteiger partial charge in [-0.25, -0.2) is 0 Å². The Labute approximate surface area is 108 Å². The number of anilines is 1. The standard InChI is InChI=1S/C12H12BrN3O/c13-6-4-12(17)15-10-3-1-2-9(8-10)11-5-7-14-16-11/h1-3,5,7-8H,4,6H2,(H,14,16)(H,15,17). The smallest absolute Gasteiger partial charge is 0.225 e. The van der Waals surface area contributed by atoms with Crippen LogP contribution in [0, 0.1) is 0 Å². The number of aromatic amines is 1. The highest BCUT2D eigenvalue weighted by Gasteiger charge is 2.03. The van der Waals surface area contributed by atoms with Crippen LogP contribution in [0.3, 0.4) is 0 Å². The average molecular weight is 294 g/mol. The molecule has 4 nitrogen and oxygen atoms in total. The maximum absolute atomic E-state index is 11.4. The largest absolute Gasteiger partial charge is 0.326 e. The number of halogens is 1. The average Bonchev–Trinajstić information content (AvgIpc) is 2.83. The third kappa shape index (κ3) is 3.17. The number of amides is 1. The molecule has 0 unspecified atom stereocenters. The summed E-state index contributed by atoms with van der Waals surface area (Å²) in [5.74, 6) is 0.00337. The van der Waals surface area contributed by atoms with Crippen LogP contribution in [-0.4, -0.2) is 21.4 Å².